The standard InChI is InChI=1S/C22H25F2N3O5S/c1-3-8-30-9-10-31-21(29)18-13(2)27-20(33-12-17(26)28)15(11-25)19(18)14-6-4-5-7-16(14)32-22(23)24/h4-7,19,22,27H,3,8-10,12H2,1-2H3,(H2,26,28). The number of carbonyl (C=O) groups is 2. The Bertz CT molecular complexity index is 975. The van der Waals surface area contributed by atoms with Gasteiger partial charge in [0.15, 0.2) is 0 Å². The van der Waals surface area contributed by atoms with Gasteiger partial charge in [0.25, 0.3) is 0 Å². The minimum absolute atomic E-state index is 0.0214. The molecule has 1 aromatic rings. The number of alkyl halides is 2. The van der Waals surface area contributed by atoms with Gasteiger partial charge < -0.3 is 25.3 Å². The van der Waals surface area contributed by atoms with Crippen LogP contribution >= 0.6 is 11.8 Å². The third-order valence-electron chi connectivity index (χ3n) is 4.48. The van der Waals surface area contributed by atoms with Gasteiger partial charge in [-0.25, -0.2) is 4.79 Å². The summed E-state index contributed by atoms with van der Waals surface area (Å²) < 4.78 is 41.4. The molecule has 0 fully saturated rings. The molecule has 0 aliphatic carbocycles. The highest BCUT2D eigenvalue weighted by molar-refractivity contribution is 8.03. The van der Waals surface area contributed by atoms with Gasteiger partial charge in [0.05, 0.1) is 40.5 Å². The van der Waals surface area contributed by atoms with Gasteiger partial charge in [0.2, 0.25) is 5.91 Å². The van der Waals surface area contributed by atoms with Crippen molar-refractivity contribution in [3.63, 3.8) is 0 Å². The van der Waals surface area contributed by atoms with E-state index in [1.807, 2.05) is 13.0 Å². The number of para-hydroxylation sites is 1. The topological polar surface area (TPSA) is 124 Å². The van der Waals surface area contributed by atoms with Gasteiger partial charge in [-0.1, -0.05) is 36.9 Å². The van der Waals surface area contributed by atoms with E-state index in [9.17, 15) is 23.6 Å². The zero-order valence-corrected chi connectivity index (χ0v) is 19.0. The molecule has 0 saturated carbocycles. The highest BCUT2D eigenvalue weighted by atomic mass is 32.2. The van der Waals surface area contributed by atoms with Gasteiger partial charge in [-0.2, -0.15) is 14.0 Å². The van der Waals surface area contributed by atoms with Gasteiger partial charge in [0, 0.05) is 17.9 Å². The van der Waals surface area contributed by atoms with Crippen LogP contribution in [0.25, 0.3) is 0 Å². The number of dihydropyridines is 1. The molecule has 0 spiro atoms. The van der Waals surface area contributed by atoms with Crippen LogP contribution < -0.4 is 15.8 Å². The van der Waals surface area contributed by atoms with Crippen LogP contribution in [0.1, 0.15) is 31.7 Å². The molecule has 0 saturated heterocycles. The number of amides is 1. The largest absolute Gasteiger partial charge is 0.460 e. The maximum absolute atomic E-state index is 13.0. The van der Waals surface area contributed by atoms with Crippen LogP contribution in [0.2, 0.25) is 0 Å². The molecule has 178 valence electrons. The lowest BCUT2D eigenvalue weighted by atomic mass is 9.82. The van der Waals surface area contributed by atoms with E-state index in [4.69, 9.17) is 15.2 Å². The molecule has 1 aromatic carbocycles. The number of benzene rings is 1. The number of ether oxygens (including phenoxy) is 3. The van der Waals surface area contributed by atoms with E-state index in [1.54, 1.807) is 13.0 Å². The summed E-state index contributed by atoms with van der Waals surface area (Å²) in [6.07, 6.45) is 0.813. The summed E-state index contributed by atoms with van der Waals surface area (Å²) in [5.41, 5.74) is 5.87. The predicted octanol–water partition coefficient (Wildman–Crippen LogP) is 3.17. The molecule has 8 nitrogen and oxygen atoms in total. The van der Waals surface area contributed by atoms with Crippen molar-refractivity contribution < 1.29 is 32.6 Å². The normalized spacial score (nSPS) is 15.8. The molecular formula is C22H25F2N3O5S. The summed E-state index contributed by atoms with van der Waals surface area (Å²) in [5, 5.41) is 13.2. The van der Waals surface area contributed by atoms with Crippen LogP contribution in [-0.4, -0.2) is 44.1 Å². The molecule has 1 amide bonds. The van der Waals surface area contributed by atoms with Crippen LogP contribution in [0.4, 0.5) is 8.78 Å². The Morgan fingerprint density at radius 2 is 2.00 bits per heavy atom. The fraction of sp³-hybridized carbons (Fsp3) is 0.409. The predicted molar refractivity (Wildman–Crippen MR) is 118 cm³/mol. The monoisotopic (exact) mass is 481 g/mol. The molecule has 2 rings (SSSR count). The van der Waals surface area contributed by atoms with Crippen LogP contribution in [0.3, 0.4) is 0 Å². The summed E-state index contributed by atoms with van der Waals surface area (Å²) in [6, 6.07) is 7.93. The van der Waals surface area contributed by atoms with Crippen molar-refractivity contribution in [3.05, 3.63) is 51.7 Å². The number of halogens is 2. The molecule has 0 bridgehead atoms. The highest BCUT2D eigenvalue weighted by Crippen LogP contribution is 2.44. The fourth-order valence-corrected chi connectivity index (χ4v) is 4.02. The molecular weight excluding hydrogens is 456 g/mol. The van der Waals surface area contributed by atoms with Crippen LogP contribution in [0, 0.1) is 11.3 Å². The lowest BCUT2D eigenvalue weighted by molar-refractivity contribution is -0.141. The second-order valence-corrected chi connectivity index (χ2v) is 7.86. The number of rotatable bonds is 12. The molecule has 11 heteroatoms. The second kappa shape index (κ2) is 12.8. The molecule has 0 radical (unpaired) electrons. The summed E-state index contributed by atoms with van der Waals surface area (Å²) in [6.45, 7) is 1.11. The van der Waals surface area contributed by atoms with E-state index in [-0.39, 0.29) is 46.5 Å². The van der Waals surface area contributed by atoms with Crippen molar-refractivity contribution in [2.24, 2.45) is 5.73 Å². The average Bonchev–Trinajstić information content (AvgIpc) is 2.76. The number of hydrogen-bond acceptors (Lipinski definition) is 8. The van der Waals surface area contributed by atoms with Gasteiger partial charge in [-0.15, -0.1) is 0 Å². The molecule has 1 aliphatic rings. The minimum atomic E-state index is -3.11. The van der Waals surface area contributed by atoms with Gasteiger partial charge in [0.1, 0.15) is 12.4 Å². The number of thioether (sulfide) groups is 1. The third-order valence-corrected chi connectivity index (χ3v) is 5.52. The lowest BCUT2D eigenvalue weighted by Gasteiger charge is -2.30. The van der Waals surface area contributed by atoms with E-state index in [0.717, 1.165) is 18.2 Å². The fourth-order valence-electron chi connectivity index (χ4n) is 3.19. The Morgan fingerprint density at radius 1 is 1.27 bits per heavy atom. The third kappa shape index (κ3) is 7.20. The van der Waals surface area contributed by atoms with Gasteiger partial charge in [-0.05, 0) is 19.4 Å². The number of primary amides is 1. The Hall–Kier alpha value is -3.10. The van der Waals surface area contributed by atoms with E-state index < -0.39 is 24.4 Å². The summed E-state index contributed by atoms with van der Waals surface area (Å²) in [5.74, 6) is -2.72. The maximum Gasteiger partial charge on any atom is 0.387 e. The van der Waals surface area contributed by atoms with Crippen LogP contribution in [0.15, 0.2) is 46.1 Å². The number of nitrogens with zero attached hydrogens (tertiary/aromatic N) is 1. The van der Waals surface area contributed by atoms with Gasteiger partial charge in [-0.3, -0.25) is 4.79 Å². The Kier molecular flexibility index (Phi) is 10.2. The molecule has 0 aromatic heterocycles. The minimum Gasteiger partial charge on any atom is -0.460 e. The quantitative estimate of drug-likeness (QED) is 0.345. The van der Waals surface area contributed by atoms with Crippen molar-refractivity contribution in [2.45, 2.75) is 32.8 Å². The van der Waals surface area contributed by atoms with E-state index >= 15 is 0 Å². The van der Waals surface area contributed by atoms with E-state index in [1.165, 1.54) is 18.2 Å². The number of hydrogen-bond donors (Lipinski definition) is 2. The Morgan fingerprint density at radius 3 is 2.64 bits per heavy atom. The van der Waals surface area contributed by atoms with Crippen molar-refractivity contribution >= 4 is 23.6 Å². The van der Waals surface area contributed by atoms with Crippen LogP contribution in [-0.2, 0) is 19.1 Å². The first-order chi connectivity index (χ1) is 15.8. The Labute approximate surface area is 194 Å². The number of nitrogens with two attached hydrogens (primary N) is 1. The zero-order chi connectivity index (χ0) is 24.4. The average molecular weight is 482 g/mol. The van der Waals surface area contributed by atoms with Crippen molar-refractivity contribution in [2.75, 3.05) is 25.6 Å². The van der Waals surface area contributed by atoms with E-state index in [2.05, 4.69) is 10.1 Å². The molecule has 1 atom stereocenters. The zero-order valence-electron chi connectivity index (χ0n) is 18.2. The number of carbonyl (C=O) groups excluding carboxylic acids is 2. The molecule has 1 heterocycles. The first kappa shape index (κ1) is 26.2. The number of nitrogens with one attached hydrogen (secondary N) is 1. The first-order valence-corrected chi connectivity index (χ1v) is 11.1. The smallest absolute Gasteiger partial charge is 0.387 e. The molecule has 1 unspecified atom stereocenters. The molecule has 1 aliphatic heterocycles. The summed E-state index contributed by atoms with van der Waals surface area (Å²) in [7, 11) is 0. The maximum atomic E-state index is 13.0. The molecule has 3 N–H and O–H groups in total. The van der Waals surface area contributed by atoms with Gasteiger partial charge >= 0.3 is 12.6 Å². The summed E-state index contributed by atoms with van der Waals surface area (Å²) in [4.78, 5) is 24.3. The van der Waals surface area contributed by atoms with Crippen molar-refractivity contribution in [1.29, 1.82) is 5.26 Å². The van der Waals surface area contributed by atoms with Crippen LogP contribution in [0.5, 0.6) is 5.75 Å². The van der Waals surface area contributed by atoms with Crippen molar-refractivity contribution in [3.8, 4) is 11.8 Å². The first-order valence-electron chi connectivity index (χ1n) is 10.1. The molecule has 33 heavy (non-hydrogen) atoms. The SMILES string of the molecule is CCCOCCOC(=O)C1=C(C)NC(SCC(N)=O)=C(C#N)C1c1ccccc1OC(F)F. The number of esters is 1. The number of nitriles is 1. The Balaban J connectivity index is 2.50. The highest BCUT2D eigenvalue weighted by Gasteiger charge is 2.37. The lowest BCUT2D eigenvalue weighted by Crippen LogP contribution is -2.30. The number of allylic oxidation sites excluding steroid dienone is 2. The second-order valence-electron chi connectivity index (χ2n) is 6.87. The van der Waals surface area contributed by atoms with Crippen molar-refractivity contribution in [1.82, 2.24) is 5.32 Å². The van der Waals surface area contributed by atoms with E-state index in [0.29, 0.717) is 12.3 Å². The summed E-state index contributed by atoms with van der Waals surface area (Å²) >= 11 is 0.977.